The maximum atomic E-state index is 14.4. The molecule has 0 aromatic carbocycles. The molecular weight excluding hydrogens is 506 g/mol. The van der Waals surface area contributed by atoms with Gasteiger partial charge in [-0.1, -0.05) is 13.8 Å². The molecule has 15 heteroatoms. The van der Waals surface area contributed by atoms with E-state index in [9.17, 15) is 31.9 Å². The number of anilines is 1. The van der Waals surface area contributed by atoms with Gasteiger partial charge in [0.1, 0.15) is 25.5 Å². The van der Waals surface area contributed by atoms with Crippen molar-refractivity contribution in [2.24, 2.45) is 5.92 Å². The Morgan fingerprint density at radius 3 is 2.57 bits per heavy atom. The topological polar surface area (TPSA) is 140 Å². The zero-order valence-corrected chi connectivity index (χ0v) is 20.5. The predicted molar refractivity (Wildman–Crippen MR) is 122 cm³/mol. The van der Waals surface area contributed by atoms with E-state index in [0.29, 0.717) is 13.0 Å². The third-order valence-corrected chi connectivity index (χ3v) is 4.95. The molecule has 1 aromatic heterocycles. The number of nitrogens with one attached hydrogen (secondary N) is 4. The Balaban J connectivity index is 1.75. The van der Waals surface area contributed by atoms with Crippen molar-refractivity contribution in [3.8, 4) is 0 Å². The number of hydrogen-bond acceptors (Lipinski definition) is 8. The molecule has 4 N–H and O–H groups in total. The molecule has 0 spiro atoms. The Morgan fingerprint density at radius 2 is 1.92 bits per heavy atom. The average Bonchev–Trinajstić information content (AvgIpc) is 2.83. The second kappa shape index (κ2) is 14.5. The number of rotatable bonds is 11. The third kappa shape index (κ3) is 12.1. The summed E-state index contributed by atoms with van der Waals surface area (Å²) in [7, 11) is 0. The van der Waals surface area contributed by atoms with Gasteiger partial charge < -0.3 is 35.5 Å². The lowest BCUT2D eigenvalue weighted by atomic mass is 10.0. The second-order valence-electron chi connectivity index (χ2n) is 8.71. The van der Waals surface area contributed by atoms with Crippen LogP contribution >= 0.6 is 0 Å². The normalized spacial score (nSPS) is 17.7. The van der Waals surface area contributed by atoms with Crippen molar-refractivity contribution in [1.29, 1.82) is 0 Å². The van der Waals surface area contributed by atoms with Crippen molar-refractivity contribution in [1.82, 2.24) is 20.9 Å². The van der Waals surface area contributed by atoms with Crippen LogP contribution in [0.2, 0.25) is 0 Å². The fourth-order valence-corrected chi connectivity index (χ4v) is 3.13. The predicted octanol–water partition coefficient (Wildman–Crippen LogP) is 2.12. The van der Waals surface area contributed by atoms with Gasteiger partial charge in [0.2, 0.25) is 5.91 Å². The molecule has 2 atom stereocenters. The Bertz CT molecular complexity index is 910. The van der Waals surface area contributed by atoms with E-state index in [1.807, 2.05) is 13.8 Å². The lowest BCUT2D eigenvalue weighted by Crippen LogP contribution is -2.49. The molecule has 0 radical (unpaired) electrons. The number of amides is 3. The highest BCUT2D eigenvalue weighted by Crippen LogP contribution is 2.21. The van der Waals surface area contributed by atoms with E-state index in [1.54, 1.807) is 5.32 Å². The van der Waals surface area contributed by atoms with Crippen LogP contribution in [-0.4, -0.2) is 80.9 Å². The van der Waals surface area contributed by atoms with Crippen LogP contribution in [0.1, 0.15) is 25.8 Å². The molecule has 2 heterocycles. The summed E-state index contributed by atoms with van der Waals surface area (Å²) in [5.74, 6) is -1.07. The van der Waals surface area contributed by atoms with Crippen molar-refractivity contribution in [3.05, 3.63) is 23.8 Å². The SMILES string of the molecule is CC(C)COC(=O)NCC(=O)Nc1cncc(F)c1CC[C@@H]1CN[C@H](COC(=O)NCC(F)(F)F)CO1. The van der Waals surface area contributed by atoms with Gasteiger partial charge in [0, 0.05) is 12.1 Å². The highest BCUT2D eigenvalue weighted by molar-refractivity contribution is 5.94. The molecule has 3 amide bonds. The number of nitrogens with zero attached hydrogens (tertiary/aromatic N) is 1. The highest BCUT2D eigenvalue weighted by Gasteiger charge is 2.28. The van der Waals surface area contributed by atoms with Crippen molar-refractivity contribution < 1.29 is 46.2 Å². The van der Waals surface area contributed by atoms with Gasteiger partial charge >= 0.3 is 18.4 Å². The molecule has 0 unspecified atom stereocenters. The molecule has 1 aliphatic rings. The van der Waals surface area contributed by atoms with E-state index in [4.69, 9.17) is 14.2 Å². The molecule has 208 valence electrons. The monoisotopic (exact) mass is 537 g/mol. The van der Waals surface area contributed by atoms with E-state index in [-0.39, 0.29) is 56.1 Å². The zero-order valence-electron chi connectivity index (χ0n) is 20.5. The van der Waals surface area contributed by atoms with Crippen molar-refractivity contribution in [2.75, 3.05) is 44.8 Å². The molecule has 1 aliphatic heterocycles. The van der Waals surface area contributed by atoms with Crippen LogP contribution in [0.5, 0.6) is 0 Å². The first-order valence-corrected chi connectivity index (χ1v) is 11.6. The van der Waals surface area contributed by atoms with Crippen LogP contribution in [0.25, 0.3) is 0 Å². The van der Waals surface area contributed by atoms with E-state index >= 15 is 0 Å². The van der Waals surface area contributed by atoms with Crippen molar-refractivity contribution >= 4 is 23.8 Å². The van der Waals surface area contributed by atoms with Crippen LogP contribution in [0.4, 0.5) is 32.8 Å². The lowest BCUT2D eigenvalue weighted by molar-refractivity contribution is -0.124. The van der Waals surface area contributed by atoms with E-state index in [2.05, 4.69) is 20.9 Å². The minimum absolute atomic E-state index is 0.123. The average molecular weight is 538 g/mol. The summed E-state index contributed by atoms with van der Waals surface area (Å²) >= 11 is 0. The second-order valence-corrected chi connectivity index (χ2v) is 8.71. The van der Waals surface area contributed by atoms with Gasteiger partial charge in [-0.3, -0.25) is 9.78 Å². The van der Waals surface area contributed by atoms with Gasteiger partial charge in [-0.05, 0) is 18.8 Å². The molecule has 0 bridgehead atoms. The van der Waals surface area contributed by atoms with Gasteiger partial charge in [-0.2, -0.15) is 13.2 Å². The smallest absolute Gasteiger partial charge is 0.407 e. The summed E-state index contributed by atoms with van der Waals surface area (Å²) in [6.07, 6.45) is -3.91. The quantitative estimate of drug-likeness (QED) is 0.315. The van der Waals surface area contributed by atoms with Crippen LogP contribution < -0.4 is 21.3 Å². The molecule has 11 nitrogen and oxygen atoms in total. The molecule has 1 fully saturated rings. The first-order chi connectivity index (χ1) is 17.4. The number of pyridine rings is 1. The molecule has 1 saturated heterocycles. The number of carbonyl (C=O) groups is 3. The summed E-state index contributed by atoms with van der Waals surface area (Å²) in [5, 5.41) is 9.49. The fourth-order valence-electron chi connectivity index (χ4n) is 3.13. The van der Waals surface area contributed by atoms with Crippen LogP contribution in [-0.2, 0) is 25.4 Å². The van der Waals surface area contributed by atoms with Gasteiger partial charge in [-0.15, -0.1) is 0 Å². The third-order valence-electron chi connectivity index (χ3n) is 4.95. The van der Waals surface area contributed by atoms with Crippen LogP contribution in [0.15, 0.2) is 12.4 Å². The standard InChI is InChI=1S/C22H31F4N5O6/c1-13(2)9-36-20(33)29-8-19(32)31-18-7-27-6-17(23)16(18)4-3-15-5-28-14(10-35-15)11-37-21(34)30-12-22(24,25)26/h6-7,13-15,28H,3-5,8-12H2,1-2H3,(H,29,33)(H,30,34)(H,31,32)/t14-,15+/m0/s1. The van der Waals surface area contributed by atoms with E-state index < -0.39 is 42.7 Å². The van der Waals surface area contributed by atoms with Gasteiger partial charge in [0.15, 0.2) is 0 Å². The summed E-state index contributed by atoms with van der Waals surface area (Å²) in [4.78, 5) is 38.9. The number of aromatic nitrogens is 1. The Kier molecular flexibility index (Phi) is 11.8. The van der Waals surface area contributed by atoms with E-state index in [0.717, 1.165) is 6.20 Å². The van der Waals surface area contributed by atoms with Crippen molar-refractivity contribution in [2.45, 2.75) is 45.0 Å². The number of ether oxygens (including phenoxy) is 3. The van der Waals surface area contributed by atoms with Gasteiger partial charge in [0.05, 0.1) is 43.4 Å². The number of morpholine rings is 1. The maximum absolute atomic E-state index is 14.4. The Morgan fingerprint density at radius 1 is 1.19 bits per heavy atom. The number of carbonyl (C=O) groups excluding carboxylic acids is 3. The highest BCUT2D eigenvalue weighted by atomic mass is 19.4. The largest absolute Gasteiger partial charge is 0.449 e. The molecular formula is C22H31F4N5O6. The number of hydrogen-bond donors (Lipinski definition) is 4. The zero-order chi connectivity index (χ0) is 27.4. The number of halogens is 4. The number of alkyl carbamates (subject to hydrolysis) is 2. The molecule has 37 heavy (non-hydrogen) atoms. The first kappa shape index (κ1) is 30.0. The summed E-state index contributed by atoms with van der Waals surface area (Å²) in [6.45, 7) is 2.34. The van der Waals surface area contributed by atoms with Crippen LogP contribution in [0.3, 0.4) is 0 Å². The summed E-state index contributed by atoms with van der Waals surface area (Å²) in [5.41, 5.74) is 0.364. The van der Waals surface area contributed by atoms with Crippen LogP contribution in [0, 0.1) is 11.7 Å². The molecule has 0 saturated carbocycles. The minimum Gasteiger partial charge on any atom is -0.449 e. The summed E-state index contributed by atoms with van der Waals surface area (Å²) in [6, 6.07) is -0.417. The van der Waals surface area contributed by atoms with Gasteiger partial charge in [-0.25, -0.2) is 14.0 Å². The number of alkyl halides is 3. The lowest BCUT2D eigenvalue weighted by Gasteiger charge is -2.30. The summed E-state index contributed by atoms with van der Waals surface area (Å²) < 4.78 is 66.1. The Labute approximate surface area is 211 Å². The molecule has 0 aliphatic carbocycles. The fraction of sp³-hybridized carbons (Fsp3) is 0.636. The van der Waals surface area contributed by atoms with Crippen molar-refractivity contribution in [3.63, 3.8) is 0 Å². The van der Waals surface area contributed by atoms with Gasteiger partial charge in [0.25, 0.3) is 0 Å². The minimum atomic E-state index is -4.53. The Hall–Kier alpha value is -3.20. The molecule has 2 rings (SSSR count). The van der Waals surface area contributed by atoms with E-state index in [1.165, 1.54) is 6.20 Å². The maximum Gasteiger partial charge on any atom is 0.407 e. The molecule has 1 aromatic rings. The first-order valence-electron chi connectivity index (χ1n) is 11.6.